The van der Waals surface area contributed by atoms with Crippen LogP contribution in [0.25, 0.3) is 0 Å². The summed E-state index contributed by atoms with van der Waals surface area (Å²) < 4.78 is 5.63. The van der Waals surface area contributed by atoms with Crippen molar-refractivity contribution in [2.75, 3.05) is 0 Å². The number of benzene rings is 1. The first-order valence-electron chi connectivity index (χ1n) is 7.55. The van der Waals surface area contributed by atoms with Gasteiger partial charge in [-0.2, -0.15) is 0 Å². The topological polar surface area (TPSA) is 46.5 Å². The van der Waals surface area contributed by atoms with Crippen LogP contribution in [0.4, 0.5) is 0 Å². The number of unbranched alkanes of at least 4 members (excludes halogenated alkanes) is 2. The van der Waals surface area contributed by atoms with Crippen LogP contribution in [0, 0.1) is 12.8 Å². The molecule has 0 bridgehead atoms. The Morgan fingerprint density at radius 1 is 1.24 bits per heavy atom. The van der Waals surface area contributed by atoms with Gasteiger partial charge >= 0.3 is 5.97 Å². The molecule has 1 rings (SSSR count). The second-order valence-electron chi connectivity index (χ2n) is 5.89. The number of carboxylic acid groups (broad SMARTS) is 1. The van der Waals surface area contributed by atoms with Crippen molar-refractivity contribution in [2.24, 2.45) is 5.92 Å². The molecule has 0 heterocycles. The summed E-state index contributed by atoms with van der Waals surface area (Å²) in [5.41, 5.74) is 0.855. The average molecular weight is 313 g/mol. The Balaban J connectivity index is 2.48. The minimum Gasteiger partial charge on any atom is -0.479 e. The standard InChI is InChI=1S/C17H25ClO3/c1-12(2)7-5-4-6-8-16(17(19)20)21-15-10-9-14(18)11-13(15)3/h9-12,16H,4-8H2,1-3H3,(H,19,20). The smallest absolute Gasteiger partial charge is 0.344 e. The first kappa shape index (κ1) is 17.8. The number of ether oxygens (including phenoxy) is 1. The molecular weight excluding hydrogens is 288 g/mol. The molecule has 0 amide bonds. The first-order valence-corrected chi connectivity index (χ1v) is 7.93. The van der Waals surface area contributed by atoms with E-state index in [-0.39, 0.29) is 0 Å². The number of aryl methyl sites for hydroxylation is 1. The summed E-state index contributed by atoms with van der Waals surface area (Å²) in [4.78, 5) is 11.3. The van der Waals surface area contributed by atoms with Gasteiger partial charge in [-0.3, -0.25) is 0 Å². The van der Waals surface area contributed by atoms with Crippen LogP contribution in [0.15, 0.2) is 18.2 Å². The molecule has 0 aromatic heterocycles. The van der Waals surface area contributed by atoms with Gasteiger partial charge in [-0.25, -0.2) is 4.79 Å². The fraction of sp³-hybridized carbons (Fsp3) is 0.588. The van der Waals surface area contributed by atoms with Gasteiger partial charge < -0.3 is 9.84 Å². The van der Waals surface area contributed by atoms with E-state index in [1.165, 1.54) is 6.42 Å². The van der Waals surface area contributed by atoms with Crippen LogP contribution in [0.3, 0.4) is 0 Å². The fourth-order valence-corrected chi connectivity index (χ4v) is 2.42. The summed E-state index contributed by atoms with van der Waals surface area (Å²) in [5.74, 6) is 0.385. The molecule has 0 radical (unpaired) electrons. The molecule has 0 saturated heterocycles. The molecule has 1 atom stereocenters. The lowest BCUT2D eigenvalue weighted by molar-refractivity contribution is -0.145. The van der Waals surface area contributed by atoms with Crippen molar-refractivity contribution in [3.8, 4) is 5.75 Å². The molecule has 118 valence electrons. The van der Waals surface area contributed by atoms with Crippen molar-refractivity contribution in [3.05, 3.63) is 28.8 Å². The van der Waals surface area contributed by atoms with E-state index in [4.69, 9.17) is 16.3 Å². The highest BCUT2D eigenvalue weighted by Gasteiger charge is 2.19. The second kappa shape index (κ2) is 8.93. The SMILES string of the molecule is Cc1cc(Cl)ccc1OC(CCCCCC(C)C)C(=O)O. The van der Waals surface area contributed by atoms with E-state index in [0.29, 0.717) is 23.1 Å². The Hall–Kier alpha value is -1.22. The maximum Gasteiger partial charge on any atom is 0.344 e. The van der Waals surface area contributed by atoms with Gasteiger partial charge in [-0.15, -0.1) is 0 Å². The third-order valence-corrected chi connectivity index (χ3v) is 3.66. The van der Waals surface area contributed by atoms with Gasteiger partial charge in [0.2, 0.25) is 0 Å². The van der Waals surface area contributed by atoms with E-state index in [1.807, 2.05) is 6.92 Å². The van der Waals surface area contributed by atoms with Crippen LogP contribution in [-0.2, 0) is 4.79 Å². The molecule has 1 aromatic rings. The maximum absolute atomic E-state index is 11.3. The van der Waals surface area contributed by atoms with Gasteiger partial charge in [-0.1, -0.05) is 44.7 Å². The molecule has 21 heavy (non-hydrogen) atoms. The number of carboxylic acids is 1. The lowest BCUT2D eigenvalue weighted by atomic mass is 10.0. The first-order chi connectivity index (χ1) is 9.90. The Labute approximate surface area is 132 Å². The number of carbonyl (C=O) groups is 1. The largest absolute Gasteiger partial charge is 0.479 e. The lowest BCUT2D eigenvalue weighted by Gasteiger charge is -2.17. The third-order valence-electron chi connectivity index (χ3n) is 3.43. The molecule has 0 aliphatic rings. The molecule has 3 nitrogen and oxygen atoms in total. The van der Waals surface area contributed by atoms with E-state index in [2.05, 4.69) is 13.8 Å². The van der Waals surface area contributed by atoms with E-state index in [1.54, 1.807) is 18.2 Å². The molecule has 1 aromatic carbocycles. The number of rotatable bonds is 9. The highest BCUT2D eigenvalue weighted by atomic mass is 35.5. The molecule has 0 saturated carbocycles. The fourth-order valence-electron chi connectivity index (χ4n) is 2.19. The Bertz CT molecular complexity index is 457. The zero-order valence-corrected chi connectivity index (χ0v) is 13.8. The minimum absolute atomic E-state index is 0.537. The van der Waals surface area contributed by atoms with Gasteiger partial charge in [0.25, 0.3) is 0 Å². The van der Waals surface area contributed by atoms with Crippen LogP contribution in [0.5, 0.6) is 5.75 Å². The molecule has 0 spiro atoms. The van der Waals surface area contributed by atoms with Crippen LogP contribution >= 0.6 is 11.6 Å². The predicted molar refractivity (Wildman–Crippen MR) is 86.2 cm³/mol. The lowest BCUT2D eigenvalue weighted by Crippen LogP contribution is -2.27. The summed E-state index contributed by atoms with van der Waals surface area (Å²) in [6, 6.07) is 5.22. The molecule has 0 fully saturated rings. The summed E-state index contributed by atoms with van der Waals surface area (Å²) in [5, 5.41) is 9.90. The number of hydrogen-bond acceptors (Lipinski definition) is 2. The van der Waals surface area contributed by atoms with Crippen molar-refractivity contribution in [3.63, 3.8) is 0 Å². The molecule has 0 aliphatic carbocycles. The minimum atomic E-state index is -0.909. The zero-order valence-electron chi connectivity index (χ0n) is 13.1. The number of halogens is 1. The average Bonchev–Trinajstić information content (AvgIpc) is 2.38. The van der Waals surface area contributed by atoms with Crippen molar-refractivity contribution in [2.45, 2.75) is 59.0 Å². The van der Waals surface area contributed by atoms with Gasteiger partial charge in [0.1, 0.15) is 5.75 Å². The van der Waals surface area contributed by atoms with Crippen molar-refractivity contribution in [1.82, 2.24) is 0 Å². The number of aliphatic carboxylic acids is 1. The van der Waals surface area contributed by atoms with Crippen LogP contribution in [0.1, 0.15) is 51.5 Å². The highest BCUT2D eigenvalue weighted by molar-refractivity contribution is 6.30. The Morgan fingerprint density at radius 3 is 2.48 bits per heavy atom. The van der Waals surface area contributed by atoms with Crippen LogP contribution < -0.4 is 4.74 Å². The van der Waals surface area contributed by atoms with E-state index in [0.717, 1.165) is 24.8 Å². The summed E-state index contributed by atoms with van der Waals surface area (Å²) >= 11 is 5.89. The Kier molecular flexibility index (Phi) is 7.58. The molecule has 0 aliphatic heterocycles. The summed E-state index contributed by atoms with van der Waals surface area (Å²) in [7, 11) is 0. The van der Waals surface area contributed by atoms with Crippen LogP contribution in [-0.4, -0.2) is 17.2 Å². The maximum atomic E-state index is 11.3. The molecular formula is C17H25ClO3. The van der Waals surface area contributed by atoms with Crippen molar-refractivity contribution < 1.29 is 14.6 Å². The van der Waals surface area contributed by atoms with Crippen LogP contribution in [0.2, 0.25) is 5.02 Å². The second-order valence-corrected chi connectivity index (χ2v) is 6.32. The van der Waals surface area contributed by atoms with Crippen molar-refractivity contribution >= 4 is 17.6 Å². The predicted octanol–water partition coefficient (Wildman–Crippen LogP) is 5.09. The summed E-state index contributed by atoms with van der Waals surface area (Å²) in [6.45, 7) is 6.27. The monoisotopic (exact) mass is 312 g/mol. The van der Waals surface area contributed by atoms with E-state index < -0.39 is 12.1 Å². The van der Waals surface area contributed by atoms with Gasteiger partial charge in [0.15, 0.2) is 6.10 Å². The quantitative estimate of drug-likeness (QED) is 0.646. The van der Waals surface area contributed by atoms with E-state index in [9.17, 15) is 9.90 Å². The number of hydrogen-bond donors (Lipinski definition) is 1. The zero-order chi connectivity index (χ0) is 15.8. The Morgan fingerprint density at radius 2 is 1.90 bits per heavy atom. The summed E-state index contributed by atoms with van der Waals surface area (Å²) in [6.07, 6.45) is 4.00. The molecule has 1 unspecified atom stereocenters. The molecule has 1 N–H and O–H groups in total. The van der Waals surface area contributed by atoms with Gasteiger partial charge in [0, 0.05) is 5.02 Å². The molecule has 4 heteroatoms. The van der Waals surface area contributed by atoms with Gasteiger partial charge in [-0.05, 0) is 49.4 Å². The van der Waals surface area contributed by atoms with Gasteiger partial charge in [0.05, 0.1) is 0 Å². The van der Waals surface area contributed by atoms with Crippen molar-refractivity contribution in [1.29, 1.82) is 0 Å². The normalized spacial score (nSPS) is 12.4. The highest BCUT2D eigenvalue weighted by Crippen LogP contribution is 2.24. The van der Waals surface area contributed by atoms with E-state index >= 15 is 0 Å². The third kappa shape index (κ3) is 6.85.